The van der Waals surface area contributed by atoms with E-state index in [1.54, 1.807) is 18.3 Å². The molecular formula is C12H15BrN2O2. The molecule has 1 aromatic heterocycles. The van der Waals surface area contributed by atoms with E-state index in [4.69, 9.17) is 4.74 Å². The van der Waals surface area contributed by atoms with Crippen LogP contribution in [0.2, 0.25) is 0 Å². The average Bonchev–Trinajstić information content (AvgIpc) is 3.13. The Morgan fingerprint density at radius 3 is 3.00 bits per heavy atom. The predicted octanol–water partition coefficient (Wildman–Crippen LogP) is 2.23. The Morgan fingerprint density at radius 1 is 1.65 bits per heavy atom. The number of pyridine rings is 1. The van der Waals surface area contributed by atoms with E-state index in [2.05, 4.69) is 20.9 Å². The Morgan fingerprint density at radius 2 is 2.41 bits per heavy atom. The molecule has 1 fully saturated rings. The third kappa shape index (κ3) is 3.19. The number of hydrogen-bond donors (Lipinski definition) is 0. The van der Waals surface area contributed by atoms with Crippen molar-refractivity contribution in [2.45, 2.75) is 25.8 Å². The quantitative estimate of drug-likeness (QED) is 0.783. The highest BCUT2D eigenvalue weighted by molar-refractivity contribution is 9.10. The second-order valence-electron chi connectivity index (χ2n) is 3.99. The fourth-order valence-electron chi connectivity index (χ4n) is 1.73. The maximum Gasteiger partial charge on any atom is 0.260 e. The minimum absolute atomic E-state index is 0.0470. The minimum atomic E-state index is 0.0470. The van der Waals surface area contributed by atoms with Crippen LogP contribution in [0.1, 0.15) is 19.8 Å². The van der Waals surface area contributed by atoms with Crippen LogP contribution >= 0.6 is 15.9 Å². The van der Waals surface area contributed by atoms with Gasteiger partial charge in [-0.1, -0.05) is 0 Å². The zero-order valence-corrected chi connectivity index (χ0v) is 11.3. The lowest BCUT2D eigenvalue weighted by Gasteiger charge is -2.20. The van der Waals surface area contributed by atoms with Gasteiger partial charge in [-0.2, -0.15) is 0 Å². The normalized spacial score (nSPS) is 14.5. The van der Waals surface area contributed by atoms with Crippen molar-refractivity contribution in [1.29, 1.82) is 0 Å². The van der Waals surface area contributed by atoms with Crippen LogP contribution in [0.4, 0.5) is 0 Å². The summed E-state index contributed by atoms with van der Waals surface area (Å²) < 4.78 is 6.09. The van der Waals surface area contributed by atoms with Gasteiger partial charge in [0, 0.05) is 18.8 Å². The van der Waals surface area contributed by atoms with E-state index >= 15 is 0 Å². The van der Waals surface area contributed by atoms with Crippen LogP contribution in [0.25, 0.3) is 0 Å². The number of amides is 1. The summed E-state index contributed by atoms with van der Waals surface area (Å²) in [4.78, 5) is 17.8. The van der Waals surface area contributed by atoms with Crippen molar-refractivity contribution in [2.24, 2.45) is 0 Å². The minimum Gasteiger partial charge on any atom is -0.481 e. The molecule has 1 heterocycles. The number of likely N-dealkylation sites (N-methyl/N-ethyl adjacent to an activating group) is 1. The standard InChI is InChI=1S/C12H15BrN2O2/c1-2-15(9-5-6-9)11(16)8-17-10-4-3-7-14-12(10)13/h3-4,7,9H,2,5-6,8H2,1H3. The van der Waals surface area contributed by atoms with Crippen molar-refractivity contribution in [2.75, 3.05) is 13.2 Å². The van der Waals surface area contributed by atoms with Crippen LogP contribution in [-0.4, -0.2) is 35.0 Å². The highest BCUT2D eigenvalue weighted by atomic mass is 79.9. The fraction of sp³-hybridized carbons (Fsp3) is 0.500. The Kier molecular flexibility index (Phi) is 3.99. The molecule has 0 spiro atoms. The first-order chi connectivity index (χ1) is 8.22. The summed E-state index contributed by atoms with van der Waals surface area (Å²) in [5.41, 5.74) is 0. The number of carbonyl (C=O) groups is 1. The maximum absolute atomic E-state index is 11.9. The van der Waals surface area contributed by atoms with Crippen molar-refractivity contribution < 1.29 is 9.53 Å². The molecule has 0 aliphatic heterocycles. The summed E-state index contributed by atoms with van der Waals surface area (Å²) in [5.74, 6) is 0.651. The van der Waals surface area contributed by atoms with E-state index in [1.807, 2.05) is 11.8 Å². The first-order valence-electron chi connectivity index (χ1n) is 5.75. The fourth-order valence-corrected chi connectivity index (χ4v) is 2.09. The highest BCUT2D eigenvalue weighted by Gasteiger charge is 2.31. The first kappa shape index (κ1) is 12.4. The highest BCUT2D eigenvalue weighted by Crippen LogP contribution is 2.27. The molecular weight excluding hydrogens is 284 g/mol. The van der Waals surface area contributed by atoms with Crippen molar-refractivity contribution >= 4 is 21.8 Å². The smallest absolute Gasteiger partial charge is 0.260 e. The van der Waals surface area contributed by atoms with E-state index in [0.29, 0.717) is 16.4 Å². The molecule has 1 aliphatic carbocycles. The second kappa shape index (κ2) is 5.49. The van der Waals surface area contributed by atoms with Crippen LogP contribution in [0.15, 0.2) is 22.9 Å². The largest absolute Gasteiger partial charge is 0.481 e. The van der Waals surface area contributed by atoms with Gasteiger partial charge in [0.2, 0.25) is 0 Å². The summed E-state index contributed by atoms with van der Waals surface area (Å²) >= 11 is 3.28. The molecule has 1 aromatic rings. The summed E-state index contributed by atoms with van der Waals surface area (Å²) in [6.45, 7) is 2.83. The molecule has 0 bridgehead atoms. The molecule has 1 aliphatic rings. The molecule has 0 N–H and O–H groups in total. The summed E-state index contributed by atoms with van der Waals surface area (Å²) in [7, 11) is 0. The summed E-state index contributed by atoms with van der Waals surface area (Å²) in [6.07, 6.45) is 3.91. The molecule has 4 nitrogen and oxygen atoms in total. The van der Waals surface area contributed by atoms with Gasteiger partial charge in [0.25, 0.3) is 5.91 Å². The van der Waals surface area contributed by atoms with Gasteiger partial charge >= 0.3 is 0 Å². The van der Waals surface area contributed by atoms with Gasteiger partial charge in [-0.3, -0.25) is 4.79 Å². The van der Waals surface area contributed by atoms with Crippen molar-refractivity contribution in [1.82, 2.24) is 9.88 Å². The lowest BCUT2D eigenvalue weighted by atomic mass is 10.4. The molecule has 92 valence electrons. The monoisotopic (exact) mass is 298 g/mol. The zero-order valence-electron chi connectivity index (χ0n) is 9.73. The summed E-state index contributed by atoms with van der Waals surface area (Å²) in [6, 6.07) is 4.01. The van der Waals surface area contributed by atoms with Crippen LogP contribution in [0.3, 0.4) is 0 Å². The zero-order chi connectivity index (χ0) is 12.3. The van der Waals surface area contributed by atoms with Gasteiger partial charge in [-0.05, 0) is 47.8 Å². The van der Waals surface area contributed by atoms with E-state index in [1.165, 1.54) is 0 Å². The van der Waals surface area contributed by atoms with Gasteiger partial charge in [0.05, 0.1) is 0 Å². The van der Waals surface area contributed by atoms with E-state index in [0.717, 1.165) is 19.4 Å². The number of rotatable bonds is 5. The molecule has 2 rings (SSSR count). The van der Waals surface area contributed by atoms with Crippen LogP contribution in [-0.2, 0) is 4.79 Å². The number of aromatic nitrogens is 1. The molecule has 1 amide bonds. The Hall–Kier alpha value is -1.10. The molecule has 0 aromatic carbocycles. The van der Waals surface area contributed by atoms with E-state index in [9.17, 15) is 4.79 Å². The molecule has 1 saturated carbocycles. The molecule has 5 heteroatoms. The SMILES string of the molecule is CCN(C(=O)COc1cccnc1Br)C1CC1. The van der Waals surface area contributed by atoms with Crippen LogP contribution in [0, 0.1) is 0 Å². The Labute approximate surface area is 109 Å². The van der Waals surface area contributed by atoms with E-state index in [-0.39, 0.29) is 12.5 Å². The average molecular weight is 299 g/mol. The third-order valence-electron chi connectivity index (χ3n) is 2.72. The molecule has 0 atom stereocenters. The van der Waals surface area contributed by atoms with Gasteiger partial charge in [0.15, 0.2) is 12.4 Å². The topological polar surface area (TPSA) is 42.4 Å². The molecule has 17 heavy (non-hydrogen) atoms. The number of carbonyl (C=O) groups excluding carboxylic acids is 1. The number of ether oxygens (including phenoxy) is 1. The van der Waals surface area contributed by atoms with Crippen molar-refractivity contribution in [3.05, 3.63) is 22.9 Å². The van der Waals surface area contributed by atoms with E-state index < -0.39 is 0 Å². The summed E-state index contributed by atoms with van der Waals surface area (Å²) in [5, 5.41) is 0. The van der Waals surface area contributed by atoms with Gasteiger partial charge < -0.3 is 9.64 Å². The van der Waals surface area contributed by atoms with Gasteiger partial charge in [0.1, 0.15) is 4.60 Å². The lowest BCUT2D eigenvalue weighted by molar-refractivity contribution is -0.133. The van der Waals surface area contributed by atoms with Crippen LogP contribution in [0.5, 0.6) is 5.75 Å². The Balaban J connectivity index is 1.89. The second-order valence-corrected chi connectivity index (χ2v) is 4.74. The maximum atomic E-state index is 11.9. The number of nitrogens with zero attached hydrogens (tertiary/aromatic N) is 2. The van der Waals surface area contributed by atoms with Crippen LogP contribution < -0.4 is 4.74 Å². The number of halogens is 1. The van der Waals surface area contributed by atoms with Gasteiger partial charge in [-0.15, -0.1) is 0 Å². The van der Waals surface area contributed by atoms with Gasteiger partial charge in [-0.25, -0.2) is 4.98 Å². The van der Waals surface area contributed by atoms with Crippen molar-refractivity contribution in [3.8, 4) is 5.75 Å². The van der Waals surface area contributed by atoms with Crippen molar-refractivity contribution in [3.63, 3.8) is 0 Å². The predicted molar refractivity (Wildman–Crippen MR) is 67.8 cm³/mol. The molecule has 0 saturated heterocycles. The molecule has 0 unspecified atom stereocenters. The molecule has 0 radical (unpaired) electrons. The first-order valence-corrected chi connectivity index (χ1v) is 6.54. The third-order valence-corrected chi connectivity index (χ3v) is 3.32. The lowest BCUT2D eigenvalue weighted by Crippen LogP contribution is -2.36. The number of hydrogen-bond acceptors (Lipinski definition) is 3. The Bertz CT molecular complexity index is 407.